The summed E-state index contributed by atoms with van der Waals surface area (Å²) < 4.78 is 5.14. The van der Waals surface area contributed by atoms with Crippen LogP contribution < -0.4 is 0 Å². The fourth-order valence-electron chi connectivity index (χ4n) is 1.79. The standard InChI is InChI=1S/C14H15N3O/c1-11-5-4-6-12(9-11)10-13-16-14(18-17-13)7-2-3-8-15/h4-6,9H,2-3,7,10H2,1H3. The minimum atomic E-state index is 0.523. The van der Waals surface area contributed by atoms with Gasteiger partial charge >= 0.3 is 0 Å². The Morgan fingerprint density at radius 2 is 2.28 bits per heavy atom. The van der Waals surface area contributed by atoms with Crippen molar-refractivity contribution >= 4 is 0 Å². The van der Waals surface area contributed by atoms with Crippen LogP contribution in [0.5, 0.6) is 0 Å². The molecule has 0 aliphatic heterocycles. The largest absolute Gasteiger partial charge is 0.339 e. The summed E-state index contributed by atoms with van der Waals surface area (Å²) in [6, 6.07) is 10.4. The Morgan fingerprint density at radius 3 is 3.06 bits per heavy atom. The first-order valence-corrected chi connectivity index (χ1v) is 6.02. The van der Waals surface area contributed by atoms with E-state index in [0.717, 1.165) is 6.42 Å². The third kappa shape index (κ3) is 3.42. The number of hydrogen-bond acceptors (Lipinski definition) is 4. The van der Waals surface area contributed by atoms with E-state index >= 15 is 0 Å². The van der Waals surface area contributed by atoms with Crippen molar-refractivity contribution in [3.05, 3.63) is 47.1 Å². The van der Waals surface area contributed by atoms with E-state index in [-0.39, 0.29) is 0 Å². The molecule has 0 aliphatic rings. The van der Waals surface area contributed by atoms with E-state index in [1.807, 2.05) is 6.07 Å². The smallest absolute Gasteiger partial charge is 0.226 e. The number of hydrogen-bond donors (Lipinski definition) is 0. The van der Waals surface area contributed by atoms with Gasteiger partial charge in [-0.3, -0.25) is 0 Å². The van der Waals surface area contributed by atoms with E-state index in [4.69, 9.17) is 9.78 Å². The van der Waals surface area contributed by atoms with Crippen LogP contribution in [0.15, 0.2) is 28.8 Å². The van der Waals surface area contributed by atoms with Crippen molar-refractivity contribution in [2.75, 3.05) is 0 Å². The second kappa shape index (κ2) is 5.97. The summed E-state index contributed by atoms with van der Waals surface area (Å²) in [6.07, 6.45) is 2.65. The maximum absolute atomic E-state index is 8.45. The predicted octanol–water partition coefficient (Wildman–Crippen LogP) is 2.82. The van der Waals surface area contributed by atoms with E-state index in [2.05, 4.69) is 41.3 Å². The van der Waals surface area contributed by atoms with Crippen LogP contribution in [0.25, 0.3) is 0 Å². The summed E-state index contributed by atoms with van der Waals surface area (Å²) in [5.74, 6) is 1.32. The molecule has 4 heteroatoms. The highest BCUT2D eigenvalue weighted by atomic mass is 16.5. The Morgan fingerprint density at radius 1 is 1.39 bits per heavy atom. The van der Waals surface area contributed by atoms with Gasteiger partial charge in [-0.05, 0) is 18.9 Å². The summed E-state index contributed by atoms with van der Waals surface area (Å²) >= 11 is 0. The lowest BCUT2D eigenvalue weighted by Gasteiger charge is -1.97. The molecule has 2 aromatic rings. The number of aryl methyl sites for hydroxylation is 2. The van der Waals surface area contributed by atoms with Crippen LogP contribution in [0.4, 0.5) is 0 Å². The topological polar surface area (TPSA) is 62.7 Å². The number of rotatable bonds is 5. The van der Waals surface area contributed by atoms with E-state index in [9.17, 15) is 0 Å². The van der Waals surface area contributed by atoms with Gasteiger partial charge in [-0.25, -0.2) is 0 Å². The van der Waals surface area contributed by atoms with Crippen molar-refractivity contribution in [1.29, 1.82) is 5.26 Å². The molecule has 4 nitrogen and oxygen atoms in total. The highest BCUT2D eigenvalue weighted by Gasteiger charge is 2.06. The molecule has 0 saturated carbocycles. The average Bonchev–Trinajstić information content (AvgIpc) is 2.77. The lowest BCUT2D eigenvalue weighted by molar-refractivity contribution is 0.371. The third-order valence-electron chi connectivity index (χ3n) is 2.63. The van der Waals surface area contributed by atoms with E-state index in [1.165, 1.54) is 11.1 Å². The van der Waals surface area contributed by atoms with Crippen LogP contribution in [0.3, 0.4) is 0 Å². The molecule has 1 aromatic heterocycles. The molecular weight excluding hydrogens is 226 g/mol. The Balaban J connectivity index is 1.96. The molecule has 0 spiro atoms. The quantitative estimate of drug-likeness (QED) is 0.755. The number of unbranched alkanes of at least 4 members (excludes halogenated alkanes) is 1. The molecule has 1 aromatic carbocycles. The number of aromatic nitrogens is 2. The summed E-state index contributed by atoms with van der Waals surface area (Å²) in [4.78, 5) is 4.32. The lowest BCUT2D eigenvalue weighted by Crippen LogP contribution is -1.92. The molecule has 18 heavy (non-hydrogen) atoms. The molecule has 0 atom stereocenters. The number of nitriles is 1. The molecule has 92 valence electrons. The predicted molar refractivity (Wildman–Crippen MR) is 66.8 cm³/mol. The van der Waals surface area contributed by atoms with Gasteiger partial charge in [0.2, 0.25) is 5.89 Å². The van der Waals surface area contributed by atoms with Crippen molar-refractivity contribution in [2.45, 2.75) is 32.6 Å². The Bertz CT molecular complexity index is 554. The zero-order valence-corrected chi connectivity index (χ0v) is 10.4. The third-order valence-corrected chi connectivity index (χ3v) is 2.63. The second-order valence-electron chi connectivity index (χ2n) is 4.28. The number of benzene rings is 1. The Hall–Kier alpha value is -2.15. The highest BCUT2D eigenvalue weighted by Crippen LogP contribution is 2.10. The van der Waals surface area contributed by atoms with Crippen LogP contribution >= 0.6 is 0 Å². The first kappa shape index (κ1) is 12.3. The molecule has 0 amide bonds. The minimum Gasteiger partial charge on any atom is -0.339 e. The van der Waals surface area contributed by atoms with Gasteiger partial charge < -0.3 is 4.52 Å². The maximum atomic E-state index is 8.45. The Kier molecular flexibility index (Phi) is 4.08. The molecule has 0 fully saturated rings. The summed E-state index contributed by atoms with van der Waals surface area (Å²) in [5, 5.41) is 12.4. The van der Waals surface area contributed by atoms with Crippen molar-refractivity contribution in [3.63, 3.8) is 0 Å². The SMILES string of the molecule is Cc1cccc(Cc2noc(CCCC#N)n2)c1. The fraction of sp³-hybridized carbons (Fsp3) is 0.357. The molecule has 0 unspecified atom stereocenters. The second-order valence-corrected chi connectivity index (χ2v) is 4.28. The first-order chi connectivity index (χ1) is 8.78. The normalized spacial score (nSPS) is 10.2. The van der Waals surface area contributed by atoms with Crippen LogP contribution in [-0.4, -0.2) is 10.1 Å². The van der Waals surface area contributed by atoms with E-state index in [1.54, 1.807) is 0 Å². The monoisotopic (exact) mass is 241 g/mol. The average molecular weight is 241 g/mol. The minimum absolute atomic E-state index is 0.523. The molecule has 0 radical (unpaired) electrons. The van der Waals surface area contributed by atoms with E-state index < -0.39 is 0 Å². The fourth-order valence-corrected chi connectivity index (χ4v) is 1.79. The molecular formula is C14H15N3O. The molecule has 2 rings (SSSR count). The zero-order chi connectivity index (χ0) is 12.8. The molecule has 0 N–H and O–H groups in total. The molecule has 0 aliphatic carbocycles. The molecule has 1 heterocycles. The van der Waals surface area contributed by atoms with Gasteiger partial charge in [-0.1, -0.05) is 35.0 Å². The molecule has 0 saturated heterocycles. The van der Waals surface area contributed by atoms with Gasteiger partial charge in [-0.15, -0.1) is 0 Å². The van der Waals surface area contributed by atoms with Crippen LogP contribution in [0, 0.1) is 18.3 Å². The lowest BCUT2D eigenvalue weighted by atomic mass is 10.1. The summed E-state index contributed by atoms with van der Waals surface area (Å²) in [5.41, 5.74) is 2.41. The van der Waals surface area contributed by atoms with Crippen molar-refractivity contribution < 1.29 is 4.52 Å². The van der Waals surface area contributed by atoms with Crippen LogP contribution in [-0.2, 0) is 12.8 Å². The first-order valence-electron chi connectivity index (χ1n) is 6.02. The van der Waals surface area contributed by atoms with Gasteiger partial charge in [-0.2, -0.15) is 10.2 Å². The van der Waals surface area contributed by atoms with Gasteiger partial charge in [0, 0.05) is 19.3 Å². The van der Waals surface area contributed by atoms with Gasteiger partial charge in [0.15, 0.2) is 5.82 Å². The van der Waals surface area contributed by atoms with Gasteiger partial charge in [0.05, 0.1) is 6.07 Å². The van der Waals surface area contributed by atoms with Crippen LogP contribution in [0.1, 0.15) is 35.7 Å². The Labute approximate surface area is 106 Å². The van der Waals surface area contributed by atoms with E-state index in [0.29, 0.717) is 31.0 Å². The summed E-state index contributed by atoms with van der Waals surface area (Å²) in [6.45, 7) is 2.06. The maximum Gasteiger partial charge on any atom is 0.226 e. The van der Waals surface area contributed by atoms with Gasteiger partial charge in [0.25, 0.3) is 0 Å². The number of nitrogens with zero attached hydrogens (tertiary/aromatic N) is 3. The van der Waals surface area contributed by atoms with Crippen molar-refractivity contribution in [2.24, 2.45) is 0 Å². The molecule has 0 bridgehead atoms. The van der Waals surface area contributed by atoms with Crippen LogP contribution in [0.2, 0.25) is 0 Å². The highest BCUT2D eigenvalue weighted by molar-refractivity contribution is 5.24. The van der Waals surface area contributed by atoms with Crippen molar-refractivity contribution in [1.82, 2.24) is 10.1 Å². The van der Waals surface area contributed by atoms with Gasteiger partial charge in [0.1, 0.15) is 0 Å². The zero-order valence-electron chi connectivity index (χ0n) is 10.4. The van der Waals surface area contributed by atoms with Crippen molar-refractivity contribution in [3.8, 4) is 6.07 Å². The summed E-state index contributed by atoms with van der Waals surface area (Å²) in [7, 11) is 0.